The fourth-order valence-corrected chi connectivity index (χ4v) is 3.08. The van der Waals surface area contributed by atoms with Crippen molar-refractivity contribution in [2.75, 3.05) is 20.6 Å². The molecule has 0 amide bonds. The fourth-order valence-electron chi connectivity index (χ4n) is 3.08. The van der Waals surface area contributed by atoms with Gasteiger partial charge < -0.3 is 4.74 Å². The second-order valence-electron chi connectivity index (χ2n) is 6.67. The summed E-state index contributed by atoms with van der Waals surface area (Å²) >= 11 is 0. The molecule has 0 radical (unpaired) electrons. The molecule has 0 aliphatic rings. The Morgan fingerprint density at radius 2 is 1.43 bits per heavy atom. The molecule has 124 valence electrons. The Morgan fingerprint density at radius 3 is 1.96 bits per heavy atom. The van der Waals surface area contributed by atoms with Crippen LogP contribution in [0.4, 0.5) is 0 Å². The van der Waals surface area contributed by atoms with E-state index in [2.05, 4.69) is 70.4 Å². The normalized spacial score (nSPS) is 14.3. The summed E-state index contributed by atoms with van der Waals surface area (Å²) in [4.78, 5) is 0. The van der Waals surface area contributed by atoms with Gasteiger partial charge in [-0.1, -0.05) is 49.7 Å². The van der Waals surface area contributed by atoms with Crippen LogP contribution in [-0.2, 0) is 5.72 Å². The maximum absolute atomic E-state index is 6.72. The topological polar surface area (TPSA) is 9.23 Å². The third-order valence-electron chi connectivity index (χ3n) is 4.89. The maximum Gasteiger partial charge on any atom is 0.269 e. The summed E-state index contributed by atoms with van der Waals surface area (Å²) in [5, 5.41) is 0. The number of ether oxygens (including phenoxy) is 1. The number of unbranched alkanes of at least 4 members (excludes halogenated alkanes) is 1. The number of hydrogen-bond acceptors (Lipinski definition) is 1. The minimum Gasteiger partial charge on any atom is -0.436 e. The van der Waals surface area contributed by atoms with Crippen LogP contribution in [0.3, 0.4) is 0 Å². The van der Waals surface area contributed by atoms with Gasteiger partial charge in [-0.2, -0.15) is 0 Å². The van der Waals surface area contributed by atoms with Crippen molar-refractivity contribution in [3.63, 3.8) is 0 Å². The lowest BCUT2D eigenvalue weighted by Gasteiger charge is -2.48. The zero-order valence-corrected chi connectivity index (χ0v) is 15.0. The summed E-state index contributed by atoms with van der Waals surface area (Å²) < 4.78 is 7.52. The van der Waals surface area contributed by atoms with Gasteiger partial charge in [0.05, 0.1) is 26.2 Å². The lowest BCUT2D eigenvalue weighted by atomic mass is 9.92. The lowest BCUT2D eigenvalue weighted by molar-refractivity contribution is -0.971. The van der Waals surface area contributed by atoms with Gasteiger partial charge in [0.2, 0.25) is 0 Å². The molecular formula is C21H30NO+. The molecule has 0 heterocycles. The van der Waals surface area contributed by atoms with Crippen molar-refractivity contribution in [1.29, 1.82) is 0 Å². The Morgan fingerprint density at radius 1 is 0.870 bits per heavy atom. The van der Waals surface area contributed by atoms with E-state index in [0.717, 1.165) is 36.0 Å². The first kappa shape index (κ1) is 17.6. The van der Waals surface area contributed by atoms with Gasteiger partial charge in [0.1, 0.15) is 5.75 Å². The van der Waals surface area contributed by atoms with Crippen molar-refractivity contribution in [1.82, 2.24) is 0 Å². The molecule has 0 bridgehead atoms. The van der Waals surface area contributed by atoms with E-state index in [0.29, 0.717) is 0 Å². The molecule has 0 saturated carbocycles. The van der Waals surface area contributed by atoms with Gasteiger partial charge >= 0.3 is 0 Å². The summed E-state index contributed by atoms with van der Waals surface area (Å²) in [7, 11) is 4.54. The smallest absolute Gasteiger partial charge is 0.269 e. The van der Waals surface area contributed by atoms with E-state index in [9.17, 15) is 0 Å². The average Bonchev–Trinajstić information content (AvgIpc) is 2.60. The molecule has 0 fully saturated rings. The van der Waals surface area contributed by atoms with E-state index in [1.807, 2.05) is 18.2 Å². The number of rotatable bonds is 8. The molecular weight excluding hydrogens is 282 g/mol. The van der Waals surface area contributed by atoms with Gasteiger partial charge in [0.15, 0.2) is 0 Å². The minimum atomic E-state index is -0.368. The largest absolute Gasteiger partial charge is 0.436 e. The van der Waals surface area contributed by atoms with Crippen molar-refractivity contribution in [3.05, 3.63) is 66.2 Å². The molecule has 2 rings (SSSR count). The quantitative estimate of drug-likeness (QED) is 0.480. The predicted molar refractivity (Wildman–Crippen MR) is 97.4 cm³/mol. The van der Waals surface area contributed by atoms with Crippen LogP contribution in [0.25, 0.3) is 0 Å². The van der Waals surface area contributed by atoms with E-state index in [1.165, 1.54) is 5.56 Å². The molecule has 1 unspecified atom stereocenters. The van der Waals surface area contributed by atoms with Crippen LogP contribution < -0.4 is 4.74 Å². The molecule has 0 aliphatic heterocycles. The average molecular weight is 312 g/mol. The fraction of sp³-hybridized carbons (Fsp3) is 0.429. The van der Waals surface area contributed by atoms with Crippen molar-refractivity contribution in [2.24, 2.45) is 0 Å². The third-order valence-corrected chi connectivity index (χ3v) is 4.89. The highest BCUT2D eigenvalue weighted by Gasteiger charge is 2.48. The Bertz CT molecular complexity index is 579. The van der Waals surface area contributed by atoms with E-state index in [4.69, 9.17) is 4.74 Å². The number of nitrogens with zero attached hydrogens (tertiary/aromatic N) is 1. The third kappa shape index (κ3) is 3.76. The minimum absolute atomic E-state index is 0.368. The SMILES string of the molecule is CCCCC(Oc1ccccc1)(c1ccccc1)[N+](C)(C)CC. The van der Waals surface area contributed by atoms with E-state index < -0.39 is 0 Å². The second kappa shape index (κ2) is 7.65. The Labute approximate surface area is 141 Å². The second-order valence-corrected chi connectivity index (χ2v) is 6.67. The Hall–Kier alpha value is -1.80. The summed E-state index contributed by atoms with van der Waals surface area (Å²) in [5.41, 5.74) is 0.886. The van der Waals surface area contributed by atoms with E-state index in [1.54, 1.807) is 0 Å². The molecule has 2 nitrogen and oxygen atoms in total. The number of para-hydroxylation sites is 1. The number of quaternary nitrogens is 1. The first-order valence-corrected chi connectivity index (χ1v) is 8.68. The van der Waals surface area contributed by atoms with Crippen LogP contribution in [-0.4, -0.2) is 25.1 Å². The van der Waals surface area contributed by atoms with Crippen LogP contribution >= 0.6 is 0 Å². The van der Waals surface area contributed by atoms with Crippen molar-refractivity contribution in [2.45, 2.75) is 38.8 Å². The van der Waals surface area contributed by atoms with Gasteiger partial charge in [-0.3, -0.25) is 4.48 Å². The van der Waals surface area contributed by atoms with Gasteiger partial charge in [-0.05, 0) is 37.6 Å². The molecule has 0 N–H and O–H groups in total. The molecule has 0 spiro atoms. The van der Waals surface area contributed by atoms with E-state index in [-0.39, 0.29) is 5.72 Å². The number of benzene rings is 2. The van der Waals surface area contributed by atoms with Crippen LogP contribution in [0.2, 0.25) is 0 Å². The summed E-state index contributed by atoms with van der Waals surface area (Å²) in [5.74, 6) is 0.937. The van der Waals surface area contributed by atoms with Crippen LogP contribution in [0.1, 0.15) is 38.7 Å². The Kier molecular flexibility index (Phi) is 5.84. The maximum atomic E-state index is 6.72. The molecule has 2 aromatic rings. The summed E-state index contributed by atoms with van der Waals surface area (Å²) in [6, 6.07) is 20.9. The lowest BCUT2D eigenvalue weighted by Crippen LogP contribution is -2.60. The molecule has 23 heavy (non-hydrogen) atoms. The predicted octanol–water partition coefficient (Wildman–Crippen LogP) is 5.20. The molecule has 0 aromatic heterocycles. The summed E-state index contributed by atoms with van der Waals surface area (Å²) in [6.45, 7) is 5.48. The highest BCUT2D eigenvalue weighted by atomic mass is 16.5. The molecule has 2 heteroatoms. The first-order valence-electron chi connectivity index (χ1n) is 8.68. The van der Waals surface area contributed by atoms with Gasteiger partial charge in [-0.15, -0.1) is 0 Å². The Balaban J connectivity index is 2.54. The summed E-state index contributed by atoms with van der Waals surface area (Å²) in [6.07, 6.45) is 3.31. The van der Waals surface area contributed by atoms with Gasteiger partial charge in [-0.25, -0.2) is 0 Å². The van der Waals surface area contributed by atoms with Gasteiger partial charge in [0, 0.05) is 6.42 Å². The van der Waals surface area contributed by atoms with Crippen molar-refractivity contribution in [3.8, 4) is 5.75 Å². The van der Waals surface area contributed by atoms with Crippen molar-refractivity contribution < 1.29 is 9.22 Å². The highest BCUT2D eigenvalue weighted by molar-refractivity contribution is 5.26. The van der Waals surface area contributed by atoms with Gasteiger partial charge in [0.25, 0.3) is 5.72 Å². The molecule has 2 aromatic carbocycles. The molecule has 1 atom stereocenters. The highest BCUT2D eigenvalue weighted by Crippen LogP contribution is 2.39. The first-order chi connectivity index (χ1) is 11.1. The van der Waals surface area contributed by atoms with Crippen LogP contribution in [0, 0.1) is 0 Å². The zero-order chi connectivity index (χ0) is 16.8. The van der Waals surface area contributed by atoms with Crippen LogP contribution in [0.5, 0.6) is 5.75 Å². The van der Waals surface area contributed by atoms with Crippen molar-refractivity contribution >= 4 is 0 Å². The molecule has 0 saturated heterocycles. The monoisotopic (exact) mass is 312 g/mol. The van der Waals surface area contributed by atoms with Crippen LogP contribution in [0.15, 0.2) is 60.7 Å². The molecule has 0 aliphatic carbocycles. The number of hydrogen-bond donors (Lipinski definition) is 0. The zero-order valence-electron chi connectivity index (χ0n) is 15.0. The van der Waals surface area contributed by atoms with E-state index >= 15 is 0 Å². The standard InChI is InChI=1S/C21H30NO/c1-5-7-18-21(22(3,4)6-2,19-14-10-8-11-15-19)23-20-16-12-9-13-17-20/h8-17H,5-7,18H2,1-4H3/q+1.